The van der Waals surface area contributed by atoms with Crippen LogP contribution in [0.1, 0.15) is 23.6 Å². The monoisotopic (exact) mass is 359 g/mol. The first-order valence-corrected chi connectivity index (χ1v) is 9.87. The number of hydrogen-bond acceptors (Lipinski definition) is 4. The Labute approximate surface area is 147 Å². The van der Waals surface area contributed by atoms with Crippen molar-refractivity contribution in [2.45, 2.75) is 24.3 Å². The zero-order chi connectivity index (χ0) is 17.4. The van der Waals surface area contributed by atoms with Crippen LogP contribution in [0.4, 0.5) is 0 Å². The van der Waals surface area contributed by atoms with Crippen LogP contribution in [0.5, 0.6) is 0 Å². The molecule has 0 spiro atoms. The first-order chi connectivity index (χ1) is 12.1. The molecule has 3 heterocycles. The van der Waals surface area contributed by atoms with Crippen molar-refractivity contribution in [2.75, 3.05) is 26.3 Å². The average molecular weight is 359 g/mol. The van der Waals surface area contributed by atoms with Crippen LogP contribution < -0.4 is 0 Å². The molecule has 1 aromatic carbocycles. The minimum absolute atomic E-state index is 0.128. The number of rotatable bonds is 4. The van der Waals surface area contributed by atoms with Crippen LogP contribution in [0.2, 0.25) is 0 Å². The Bertz CT molecular complexity index is 911. The van der Waals surface area contributed by atoms with Crippen LogP contribution in [0.3, 0.4) is 0 Å². The Hall–Kier alpha value is -1.96. The third-order valence-corrected chi connectivity index (χ3v) is 6.64. The molecule has 1 fully saturated rings. The first-order valence-electron chi connectivity index (χ1n) is 8.43. The minimum atomic E-state index is -3.54. The molecule has 4 rings (SSSR count). The standard InChI is InChI=1S/C18H21N3O3S/c1-14-4-2-3-5-18(14)15-6-8-20(11-15)25(22,23)17-10-19-21(12-17)16-7-9-24-13-16/h2-6,10,12,16H,7-9,11,13H2,1H3. The molecule has 1 unspecified atom stereocenters. The van der Waals surface area contributed by atoms with Crippen molar-refractivity contribution >= 4 is 15.6 Å². The number of sulfonamides is 1. The zero-order valence-corrected chi connectivity index (χ0v) is 14.9. The molecule has 132 valence electrons. The van der Waals surface area contributed by atoms with E-state index in [1.54, 1.807) is 10.9 Å². The fourth-order valence-corrected chi connectivity index (χ4v) is 4.68. The van der Waals surface area contributed by atoms with Crippen molar-refractivity contribution in [3.8, 4) is 0 Å². The van der Waals surface area contributed by atoms with E-state index >= 15 is 0 Å². The molecule has 6 nitrogen and oxygen atoms in total. The van der Waals surface area contributed by atoms with Crippen molar-refractivity contribution in [1.29, 1.82) is 0 Å². The van der Waals surface area contributed by atoms with Gasteiger partial charge in [-0.1, -0.05) is 30.3 Å². The van der Waals surface area contributed by atoms with Crippen LogP contribution in [0.25, 0.3) is 5.57 Å². The molecule has 7 heteroatoms. The summed E-state index contributed by atoms with van der Waals surface area (Å²) in [7, 11) is -3.54. The number of hydrogen-bond donors (Lipinski definition) is 0. The van der Waals surface area contributed by atoms with E-state index in [0.717, 1.165) is 23.1 Å². The van der Waals surface area contributed by atoms with Crippen LogP contribution in [0.15, 0.2) is 47.6 Å². The topological polar surface area (TPSA) is 64.4 Å². The number of nitrogens with zero attached hydrogens (tertiary/aromatic N) is 3. The Morgan fingerprint density at radius 2 is 2.12 bits per heavy atom. The van der Waals surface area contributed by atoms with Crippen molar-refractivity contribution in [3.63, 3.8) is 0 Å². The molecule has 0 amide bonds. The van der Waals surface area contributed by atoms with Gasteiger partial charge in [0.1, 0.15) is 4.90 Å². The molecule has 2 aromatic rings. The first kappa shape index (κ1) is 16.5. The van der Waals surface area contributed by atoms with E-state index in [2.05, 4.69) is 5.10 Å². The van der Waals surface area contributed by atoms with Gasteiger partial charge >= 0.3 is 0 Å². The molecule has 0 N–H and O–H groups in total. The predicted octanol–water partition coefficient (Wildman–Crippen LogP) is 2.24. The van der Waals surface area contributed by atoms with Gasteiger partial charge in [-0.15, -0.1) is 0 Å². The number of aromatic nitrogens is 2. The van der Waals surface area contributed by atoms with Gasteiger partial charge in [0.2, 0.25) is 10.0 Å². The van der Waals surface area contributed by atoms with Crippen LogP contribution in [-0.2, 0) is 14.8 Å². The SMILES string of the molecule is Cc1ccccc1C1=CCN(S(=O)(=O)c2cnn(C3CCOC3)c2)C1. The highest BCUT2D eigenvalue weighted by Crippen LogP contribution is 2.28. The molecular weight excluding hydrogens is 338 g/mol. The van der Waals surface area contributed by atoms with E-state index in [0.29, 0.717) is 26.3 Å². The summed E-state index contributed by atoms with van der Waals surface area (Å²) >= 11 is 0. The quantitative estimate of drug-likeness (QED) is 0.840. The van der Waals surface area contributed by atoms with Crippen molar-refractivity contribution in [1.82, 2.24) is 14.1 Å². The predicted molar refractivity (Wildman–Crippen MR) is 94.6 cm³/mol. The number of aryl methyl sites for hydroxylation is 1. The van der Waals surface area contributed by atoms with E-state index in [4.69, 9.17) is 4.74 Å². The van der Waals surface area contributed by atoms with E-state index in [1.165, 1.54) is 10.5 Å². The largest absolute Gasteiger partial charge is 0.379 e. The van der Waals surface area contributed by atoms with Crippen LogP contribution in [-0.4, -0.2) is 48.8 Å². The Morgan fingerprint density at radius 3 is 2.88 bits per heavy atom. The van der Waals surface area contributed by atoms with Gasteiger partial charge in [-0.25, -0.2) is 8.42 Å². The maximum atomic E-state index is 12.9. The summed E-state index contributed by atoms with van der Waals surface area (Å²) in [5.74, 6) is 0. The second-order valence-electron chi connectivity index (χ2n) is 6.52. The summed E-state index contributed by atoms with van der Waals surface area (Å²) in [5, 5.41) is 4.24. The highest BCUT2D eigenvalue weighted by molar-refractivity contribution is 7.89. The minimum Gasteiger partial charge on any atom is -0.379 e. The van der Waals surface area contributed by atoms with E-state index in [1.807, 2.05) is 37.3 Å². The van der Waals surface area contributed by atoms with Gasteiger partial charge in [0, 0.05) is 25.9 Å². The molecule has 0 aliphatic carbocycles. The zero-order valence-electron chi connectivity index (χ0n) is 14.1. The molecule has 25 heavy (non-hydrogen) atoms. The normalized spacial score (nSPS) is 21.6. The number of benzene rings is 1. The van der Waals surface area contributed by atoms with Crippen molar-refractivity contribution < 1.29 is 13.2 Å². The van der Waals surface area contributed by atoms with E-state index in [-0.39, 0.29) is 10.9 Å². The van der Waals surface area contributed by atoms with Gasteiger partial charge in [-0.2, -0.15) is 9.40 Å². The lowest BCUT2D eigenvalue weighted by atomic mass is 10.0. The average Bonchev–Trinajstić information content (AvgIpc) is 3.34. The molecule has 1 saturated heterocycles. The van der Waals surface area contributed by atoms with Crippen LogP contribution in [0, 0.1) is 6.92 Å². The lowest BCUT2D eigenvalue weighted by molar-refractivity contribution is 0.184. The summed E-state index contributed by atoms with van der Waals surface area (Å²) in [5.41, 5.74) is 3.32. The molecule has 1 aromatic heterocycles. The van der Waals surface area contributed by atoms with Crippen LogP contribution >= 0.6 is 0 Å². The maximum Gasteiger partial charge on any atom is 0.246 e. The van der Waals surface area contributed by atoms with Crippen molar-refractivity contribution in [2.24, 2.45) is 0 Å². The lowest BCUT2D eigenvalue weighted by Crippen LogP contribution is -2.28. The molecule has 0 saturated carbocycles. The molecular formula is C18H21N3O3S. The fourth-order valence-electron chi connectivity index (χ4n) is 3.38. The molecule has 0 bridgehead atoms. The Balaban J connectivity index is 1.53. The third-order valence-electron chi connectivity index (χ3n) is 4.87. The highest BCUT2D eigenvalue weighted by Gasteiger charge is 2.31. The summed E-state index contributed by atoms with van der Waals surface area (Å²) < 4.78 is 34.4. The second kappa shape index (κ2) is 6.40. The summed E-state index contributed by atoms with van der Waals surface area (Å²) in [6, 6.07) is 8.18. The molecule has 2 aliphatic heterocycles. The van der Waals surface area contributed by atoms with Gasteiger partial charge in [-0.3, -0.25) is 4.68 Å². The maximum absolute atomic E-state index is 12.9. The highest BCUT2D eigenvalue weighted by atomic mass is 32.2. The summed E-state index contributed by atoms with van der Waals surface area (Å²) in [6.07, 6.45) is 5.93. The van der Waals surface area contributed by atoms with Gasteiger partial charge in [-0.05, 0) is 30.0 Å². The molecule has 0 radical (unpaired) electrons. The van der Waals surface area contributed by atoms with E-state index in [9.17, 15) is 8.42 Å². The Kier molecular flexibility index (Phi) is 4.23. The van der Waals surface area contributed by atoms with Gasteiger partial charge in [0.15, 0.2) is 0 Å². The summed E-state index contributed by atoms with van der Waals surface area (Å²) in [6.45, 7) is 4.11. The smallest absolute Gasteiger partial charge is 0.246 e. The summed E-state index contributed by atoms with van der Waals surface area (Å²) in [4.78, 5) is 0.249. The molecule has 1 atom stereocenters. The fraction of sp³-hybridized carbons (Fsp3) is 0.389. The second-order valence-corrected chi connectivity index (χ2v) is 8.45. The molecule has 2 aliphatic rings. The van der Waals surface area contributed by atoms with Gasteiger partial charge in [0.25, 0.3) is 0 Å². The number of ether oxygens (including phenoxy) is 1. The van der Waals surface area contributed by atoms with Crippen molar-refractivity contribution in [3.05, 3.63) is 53.9 Å². The van der Waals surface area contributed by atoms with Gasteiger partial charge in [0.05, 0.1) is 18.8 Å². The van der Waals surface area contributed by atoms with Gasteiger partial charge < -0.3 is 4.74 Å². The van der Waals surface area contributed by atoms with E-state index < -0.39 is 10.0 Å². The Morgan fingerprint density at radius 1 is 1.28 bits per heavy atom. The lowest BCUT2D eigenvalue weighted by Gasteiger charge is -2.16. The third kappa shape index (κ3) is 3.03.